The van der Waals surface area contributed by atoms with E-state index in [2.05, 4.69) is 26.6 Å². The number of hydrogen-bond acceptors (Lipinski definition) is 4. The molecule has 0 radical (unpaired) electrons. The van der Waals surface area contributed by atoms with Gasteiger partial charge < -0.3 is 10.1 Å². The molecule has 1 aliphatic carbocycles. The Morgan fingerprint density at radius 2 is 2.26 bits per heavy atom. The van der Waals surface area contributed by atoms with E-state index in [0.29, 0.717) is 13.0 Å². The standard InChI is InChI=1S/C17H20N4O2/c22-15(20-17(7-3-8-17)16-18-11-19-21-16)10-12-6-9-23-14-5-2-1-4-13(12)14/h1-2,4-5,11-12H,3,6-10H2,(H,20,22)(H,18,19,21)/t12-/m0/s1. The van der Waals surface area contributed by atoms with Crippen molar-refractivity contribution in [2.24, 2.45) is 0 Å². The van der Waals surface area contributed by atoms with Crippen LogP contribution in [0.15, 0.2) is 30.6 Å². The molecule has 0 unspecified atom stereocenters. The van der Waals surface area contributed by atoms with Crippen molar-refractivity contribution in [3.8, 4) is 5.75 Å². The number of aromatic amines is 1. The van der Waals surface area contributed by atoms with Crippen molar-refractivity contribution in [3.63, 3.8) is 0 Å². The van der Waals surface area contributed by atoms with Crippen LogP contribution >= 0.6 is 0 Å². The average Bonchev–Trinajstić information content (AvgIpc) is 3.06. The molecule has 1 saturated carbocycles. The highest BCUT2D eigenvalue weighted by Gasteiger charge is 2.43. The summed E-state index contributed by atoms with van der Waals surface area (Å²) in [7, 11) is 0. The minimum absolute atomic E-state index is 0.0720. The summed E-state index contributed by atoms with van der Waals surface area (Å²) in [6.07, 6.45) is 5.78. The van der Waals surface area contributed by atoms with Gasteiger partial charge in [0.25, 0.3) is 0 Å². The first-order chi connectivity index (χ1) is 11.3. The third-order valence-electron chi connectivity index (χ3n) is 4.97. The first-order valence-electron chi connectivity index (χ1n) is 8.15. The minimum Gasteiger partial charge on any atom is -0.493 e. The molecule has 2 N–H and O–H groups in total. The van der Waals surface area contributed by atoms with Gasteiger partial charge in [-0.3, -0.25) is 9.89 Å². The molecule has 0 bridgehead atoms. The number of amides is 1. The lowest BCUT2D eigenvalue weighted by Gasteiger charge is -2.40. The third kappa shape index (κ3) is 2.58. The Kier molecular flexibility index (Phi) is 3.52. The summed E-state index contributed by atoms with van der Waals surface area (Å²) in [6.45, 7) is 0.669. The van der Waals surface area contributed by atoms with Gasteiger partial charge in [0.1, 0.15) is 17.9 Å². The average molecular weight is 312 g/mol. The predicted molar refractivity (Wildman–Crippen MR) is 84.0 cm³/mol. The van der Waals surface area contributed by atoms with Gasteiger partial charge in [0.2, 0.25) is 5.91 Å². The second-order valence-corrected chi connectivity index (χ2v) is 6.39. The molecule has 2 heterocycles. The van der Waals surface area contributed by atoms with Crippen LogP contribution in [0.4, 0.5) is 0 Å². The molecule has 2 aliphatic rings. The van der Waals surface area contributed by atoms with E-state index in [1.165, 1.54) is 6.33 Å². The van der Waals surface area contributed by atoms with Gasteiger partial charge in [-0.1, -0.05) is 18.2 Å². The number of para-hydroxylation sites is 1. The molecule has 4 rings (SSSR count). The van der Waals surface area contributed by atoms with Crippen molar-refractivity contribution < 1.29 is 9.53 Å². The number of H-pyrrole nitrogens is 1. The van der Waals surface area contributed by atoms with Crippen LogP contribution in [0.2, 0.25) is 0 Å². The number of aromatic nitrogens is 3. The van der Waals surface area contributed by atoms with E-state index < -0.39 is 0 Å². The number of hydrogen-bond donors (Lipinski definition) is 2. The van der Waals surface area contributed by atoms with Gasteiger partial charge in [-0.15, -0.1) is 0 Å². The number of nitrogens with one attached hydrogen (secondary N) is 2. The quantitative estimate of drug-likeness (QED) is 0.907. The third-order valence-corrected chi connectivity index (χ3v) is 4.97. The van der Waals surface area contributed by atoms with E-state index in [4.69, 9.17) is 4.74 Å². The van der Waals surface area contributed by atoms with Gasteiger partial charge in [0.05, 0.1) is 12.1 Å². The Bertz CT molecular complexity index is 694. The second kappa shape index (κ2) is 5.68. The van der Waals surface area contributed by atoms with Crippen LogP contribution < -0.4 is 10.1 Å². The zero-order valence-corrected chi connectivity index (χ0v) is 12.9. The largest absolute Gasteiger partial charge is 0.493 e. The minimum atomic E-state index is -0.349. The fourth-order valence-corrected chi connectivity index (χ4v) is 3.56. The molecular formula is C17H20N4O2. The molecule has 0 spiro atoms. The maximum Gasteiger partial charge on any atom is 0.221 e. The lowest BCUT2D eigenvalue weighted by Crippen LogP contribution is -2.51. The number of fused-ring (bicyclic) bond motifs is 1. The lowest BCUT2D eigenvalue weighted by molar-refractivity contribution is -0.125. The summed E-state index contributed by atoms with van der Waals surface area (Å²) >= 11 is 0. The molecule has 1 aliphatic heterocycles. The first-order valence-corrected chi connectivity index (χ1v) is 8.15. The smallest absolute Gasteiger partial charge is 0.221 e. The predicted octanol–water partition coefficient (Wildman–Crippen LogP) is 2.26. The van der Waals surface area contributed by atoms with Crippen LogP contribution in [0.1, 0.15) is 49.4 Å². The molecule has 2 aromatic rings. The summed E-state index contributed by atoms with van der Waals surface area (Å²) in [4.78, 5) is 16.9. The lowest BCUT2D eigenvalue weighted by atomic mass is 9.75. The van der Waals surface area contributed by atoms with Crippen LogP contribution in [0.3, 0.4) is 0 Å². The highest BCUT2D eigenvalue weighted by Crippen LogP contribution is 2.40. The van der Waals surface area contributed by atoms with Crippen LogP contribution in [0, 0.1) is 0 Å². The molecule has 1 atom stereocenters. The molecule has 1 aromatic carbocycles. The van der Waals surface area contributed by atoms with Gasteiger partial charge in [-0.05, 0) is 43.2 Å². The number of carbonyl (C=O) groups excluding carboxylic acids is 1. The number of benzene rings is 1. The van der Waals surface area contributed by atoms with Crippen LogP contribution in [0.5, 0.6) is 5.75 Å². The molecule has 6 nitrogen and oxygen atoms in total. The van der Waals surface area contributed by atoms with E-state index in [-0.39, 0.29) is 17.4 Å². The molecule has 0 saturated heterocycles. The van der Waals surface area contributed by atoms with Gasteiger partial charge in [-0.2, -0.15) is 5.10 Å². The van der Waals surface area contributed by atoms with Crippen molar-refractivity contribution in [2.75, 3.05) is 6.61 Å². The monoisotopic (exact) mass is 312 g/mol. The summed E-state index contributed by atoms with van der Waals surface area (Å²) in [5, 5.41) is 10.0. The summed E-state index contributed by atoms with van der Waals surface area (Å²) in [6, 6.07) is 8.00. The Morgan fingerprint density at radius 3 is 3.00 bits per heavy atom. The molecule has 1 fully saturated rings. The van der Waals surface area contributed by atoms with Crippen molar-refractivity contribution >= 4 is 5.91 Å². The van der Waals surface area contributed by atoms with E-state index in [1.807, 2.05) is 18.2 Å². The van der Waals surface area contributed by atoms with E-state index in [9.17, 15) is 4.79 Å². The maximum atomic E-state index is 12.6. The van der Waals surface area contributed by atoms with Crippen molar-refractivity contribution in [1.82, 2.24) is 20.5 Å². The summed E-state index contributed by atoms with van der Waals surface area (Å²) < 4.78 is 5.67. The highest BCUT2D eigenvalue weighted by molar-refractivity contribution is 5.78. The normalized spacial score (nSPS) is 21.7. The van der Waals surface area contributed by atoms with Gasteiger partial charge in [0, 0.05) is 6.42 Å². The zero-order chi connectivity index (χ0) is 15.7. The Labute approximate surface area is 134 Å². The van der Waals surface area contributed by atoms with Crippen molar-refractivity contribution in [3.05, 3.63) is 42.0 Å². The molecule has 6 heteroatoms. The Balaban J connectivity index is 1.47. The zero-order valence-electron chi connectivity index (χ0n) is 12.9. The Morgan fingerprint density at radius 1 is 1.39 bits per heavy atom. The van der Waals surface area contributed by atoms with Gasteiger partial charge >= 0.3 is 0 Å². The maximum absolute atomic E-state index is 12.6. The Hall–Kier alpha value is -2.37. The van der Waals surface area contributed by atoms with Gasteiger partial charge in [-0.25, -0.2) is 4.98 Å². The molecular weight excluding hydrogens is 292 g/mol. The SMILES string of the molecule is O=C(C[C@@H]1CCOc2ccccc21)NC1(c2ncn[nH]2)CCC1. The van der Waals surface area contributed by atoms with Gasteiger partial charge in [0.15, 0.2) is 0 Å². The van der Waals surface area contributed by atoms with E-state index >= 15 is 0 Å². The summed E-state index contributed by atoms with van der Waals surface area (Å²) in [5.74, 6) is 1.96. The van der Waals surface area contributed by atoms with Crippen LogP contribution in [0.25, 0.3) is 0 Å². The second-order valence-electron chi connectivity index (χ2n) is 6.39. The number of carbonyl (C=O) groups is 1. The van der Waals surface area contributed by atoms with Crippen LogP contribution in [-0.2, 0) is 10.3 Å². The van der Waals surface area contributed by atoms with E-state index in [0.717, 1.165) is 42.8 Å². The summed E-state index contributed by atoms with van der Waals surface area (Å²) in [5.41, 5.74) is 0.786. The fourth-order valence-electron chi connectivity index (χ4n) is 3.56. The van der Waals surface area contributed by atoms with Crippen molar-refractivity contribution in [2.45, 2.75) is 43.6 Å². The first kappa shape index (κ1) is 14.2. The van der Waals surface area contributed by atoms with Crippen molar-refractivity contribution in [1.29, 1.82) is 0 Å². The number of rotatable bonds is 4. The molecule has 1 aromatic heterocycles. The van der Waals surface area contributed by atoms with Crippen LogP contribution in [-0.4, -0.2) is 27.7 Å². The van der Waals surface area contributed by atoms with E-state index in [1.54, 1.807) is 0 Å². The number of nitrogens with zero attached hydrogens (tertiary/aromatic N) is 2. The molecule has 23 heavy (non-hydrogen) atoms. The fraction of sp³-hybridized carbons (Fsp3) is 0.471. The molecule has 1 amide bonds. The molecule has 120 valence electrons. The topological polar surface area (TPSA) is 79.9 Å². The highest BCUT2D eigenvalue weighted by atomic mass is 16.5. The number of ether oxygens (including phenoxy) is 1.